The van der Waals surface area contributed by atoms with E-state index in [2.05, 4.69) is 10.3 Å². The zero-order chi connectivity index (χ0) is 20.2. The molecule has 7 heteroatoms. The first-order valence-electron chi connectivity index (χ1n) is 8.88. The van der Waals surface area contributed by atoms with E-state index < -0.39 is 0 Å². The number of fused-ring (bicyclic) bond motifs is 1. The van der Waals surface area contributed by atoms with E-state index in [1.54, 1.807) is 18.2 Å². The van der Waals surface area contributed by atoms with Crippen molar-refractivity contribution in [2.24, 2.45) is 0 Å². The van der Waals surface area contributed by atoms with Crippen molar-refractivity contribution in [1.29, 1.82) is 0 Å². The molecule has 1 heterocycles. The molecule has 0 radical (unpaired) electrons. The Morgan fingerprint density at radius 3 is 2.59 bits per heavy atom. The molecule has 3 aromatic carbocycles. The predicted octanol–water partition coefficient (Wildman–Crippen LogP) is 5.50. The summed E-state index contributed by atoms with van der Waals surface area (Å²) < 4.78 is 11.2. The van der Waals surface area contributed by atoms with Crippen molar-refractivity contribution in [3.63, 3.8) is 0 Å². The third kappa shape index (κ3) is 4.70. The molecule has 0 atom stereocenters. The van der Waals surface area contributed by atoms with E-state index in [0.29, 0.717) is 28.2 Å². The lowest BCUT2D eigenvalue weighted by Crippen LogP contribution is -2.28. The summed E-state index contributed by atoms with van der Waals surface area (Å²) in [6, 6.07) is 20.1. The van der Waals surface area contributed by atoms with Gasteiger partial charge in [0.2, 0.25) is 5.89 Å². The maximum Gasteiger partial charge on any atom is 0.258 e. The lowest BCUT2D eigenvalue weighted by atomic mass is 10.1. The Morgan fingerprint density at radius 1 is 1.03 bits per heavy atom. The van der Waals surface area contributed by atoms with Crippen LogP contribution in [0, 0.1) is 0 Å². The van der Waals surface area contributed by atoms with Crippen LogP contribution in [0.25, 0.3) is 22.6 Å². The van der Waals surface area contributed by atoms with Crippen LogP contribution in [0.3, 0.4) is 0 Å². The van der Waals surface area contributed by atoms with Gasteiger partial charge in [0.15, 0.2) is 12.2 Å². The fraction of sp³-hybridized carbons (Fsp3) is 0.0909. The number of carbonyl (C=O) groups is 1. The molecule has 0 bridgehead atoms. The van der Waals surface area contributed by atoms with Gasteiger partial charge in [-0.2, -0.15) is 0 Å². The summed E-state index contributed by atoms with van der Waals surface area (Å²) in [5.41, 5.74) is 3.39. The van der Waals surface area contributed by atoms with E-state index in [0.717, 1.165) is 22.2 Å². The van der Waals surface area contributed by atoms with Gasteiger partial charge in [0.25, 0.3) is 5.91 Å². The minimum Gasteiger partial charge on any atom is -0.482 e. The number of hydrogen-bond donors (Lipinski definition) is 1. The molecule has 4 aromatic rings. The molecule has 0 aliphatic carbocycles. The van der Waals surface area contributed by atoms with E-state index in [4.69, 9.17) is 32.4 Å². The average Bonchev–Trinajstić information content (AvgIpc) is 3.16. The number of rotatable bonds is 6. The zero-order valence-electron chi connectivity index (χ0n) is 15.2. The maximum atomic E-state index is 12.0. The van der Waals surface area contributed by atoms with Crippen molar-refractivity contribution < 1.29 is 13.9 Å². The Labute approximate surface area is 177 Å². The van der Waals surface area contributed by atoms with E-state index in [1.165, 1.54) is 0 Å². The molecule has 0 saturated carbocycles. The topological polar surface area (TPSA) is 64.4 Å². The Hall–Kier alpha value is -3.02. The summed E-state index contributed by atoms with van der Waals surface area (Å²) in [6.07, 6.45) is 0. The van der Waals surface area contributed by atoms with Crippen LogP contribution in [0.5, 0.6) is 5.75 Å². The second-order valence-electron chi connectivity index (χ2n) is 6.32. The molecule has 0 spiro atoms. The van der Waals surface area contributed by atoms with Gasteiger partial charge in [-0.1, -0.05) is 47.5 Å². The fourth-order valence-corrected chi connectivity index (χ4v) is 3.21. The van der Waals surface area contributed by atoms with Gasteiger partial charge >= 0.3 is 0 Å². The summed E-state index contributed by atoms with van der Waals surface area (Å²) in [7, 11) is 0. The van der Waals surface area contributed by atoms with Crippen LogP contribution in [-0.4, -0.2) is 17.5 Å². The minimum absolute atomic E-state index is 0.137. The van der Waals surface area contributed by atoms with Crippen molar-refractivity contribution in [3.05, 3.63) is 82.3 Å². The van der Waals surface area contributed by atoms with Gasteiger partial charge in [-0.3, -0.25) is 4.79 Å². The molecule has 0 unspecified atom stereocenters. The van der Waals surface area contributed by atoms with Crippen molar-refractivity contribution in [3.8, 4) is 17.2 Å². The van der Waals surface area contributed by atoms with Gasteiger partial charge in [-0.15, -0.1) is 0 Å². The molecular weight excluding hydrogens is 411 g/mol. The van der Waals surface area contributed by atoms with Crippen molar-refractivity contribution in [2.75, 3.05) is 6.61 Å². The Balaban J connectivity index is 1.32. The monoisotopic (exact) mass is 426 g/mol. The first-order chi connectivity index (χ1) is 14.1. The van der Waals surface area contributed by atoms with E-state index in [1.807, 2.05) is 48.5 Å². The predicted molar refractivity (Wildman–Crippen MR) is 113 cm³/mol. The lowest BCUT2D eigenvalue weighted by Gasteiger charge is -2.09. The highest BCUT2D eigenvalue weighted by Crippen LogP contribution is 2.27. The fourth-order valence-electron chi connectivity index (χ4n) is 2.75. The zero-order valence-corrected chi connectivity index (χ0v) is 16.7. The number of hydrogen-bond acceptors (Lipinski definition) is 4. The number of para-hydroxylation sites is 2. The van der Waals surface area contributed by atoms with Gasteiger partial charge < -0.3 is 14.5 Å². The third-order valence-electron chi connectivity index (χ3n) is 4.24. The molecule has 146 valence electrons. The average molecular weight is 427 g/mol. The number of nitrogens with one attached hydrogen (secondary N) is 1. The smallest absolute Gasteiger partial charge is 0.258 e. The molecule has 0 fully saturated rings. The van der Waals surface area contributed by atoms with Crippen LogP contribution in [0.15, 0.2) is 71.1 Å². The third-order valence-corrected chi connectivity index (χ3v) is 4.77. The minimum atomic E-state index is -0.251. The number of carbonyl (C=O) groups excluding carboxylic acids is 1. The normalized spacial score (nSPS) is 10.8. The van der Waals surface area contributed by atoms with Gasteiger partial charge in [0, 0.05) is 17.1 Å². The van der Waals surface area contributed by atoms with Crippen molar-refractivity contribution in [2.45, 2.75) is 6.54 Å². The molecular formula is C22H16Cl2N2O3. The van der Waals surface area contributed by atoms with Gasteiger partial charge in [-0.05, 0) is 48.0 Å². The molecule has 0 aliphatic heterocycles. The largest absolute Gasteiger partial charge is 0.482 e. The standard InChI is InChI=1S/C22H16Cl2N2O3/c23-16-9-10-19(17(24)11-16)28-13-21(27)25-12-14-5-7-15(8-6-14)22-26-18-3-1-2-4-20(18)29-22/h1-11H,12-13H2,(H,25,27). The first kappa shape index (κ1) is 19.3. The number of benzene rings is 3. The molecule has 29 heavy (non-hydrogen) atoms. The quantitative estimate of drug-likeness (QED) is 0.442. The number of amides is 1. The number of oxazole rings is 1. The van der Waals surface area contributed by atoms with Gasteiger partial charge in [0.1, 0.15) is 11.3 Å². The summed E-state index contributed by atoms with van der Waals surface area (Å²) in [5.74, 6) is 0.725. The number of nitrogens with zero attached hydrogens (tertiary/aromatic N) is 1. The summed E-state index contributed by atoms with van der Waals surface area (Å²) in [6.45, 7) is 0.243. The maximum absolute atomic E-state index is 12.0. The number of halogens is 2. The highest BCUT2D eigenvalue weighted by Gasteiger charge is 2.09. The molecule has 0 saturated heterocycles. The Kier molecular flexibility index (Phi) is 5.69. The van der Waals surface area contributed by atoms with Crippen LogP contribution in [0.2, 0.25) is 10.0 Å². The summed E-state index contributed by atoms with van der Waals surface area (Å²) >= 11 is 11.9. The molecule has 1 aromatic heterocycles. The molecule has 0 aliphatic rings. The van der Waals surface area contributed by atoms with Crippen LogP contribution in [0.1, 0.15) is 5.56 Å². The second-order valence-corrected chi connectivity index (χ2v) is 7.17. The van der Waals surface area contributed by atoms with E-state index >= 15 is 0 Å². The van der Waals surface area contributed by atoms with Gasteiger partial charge in [-0.25, -0.2) is 4.98 Å². The SMILES string of the molecule is O=C(COc1ccc(Cl)cc1Cl)NCc1ccc(-c2nc3ccccc3o2)cc1. The Morgan fingerprint density at radius 2 is 1.83 bits per heavy atom. The number of ether oxygens (including phenoxy) is 1. The molecule has 4 rings (SSSR count). The Bertz CT molecular complexity index is 1120. The van der Waals surface area contributed by atoms with Crippen molar-refractivity contribution in [1.82, 2.24) is 10.3 Å². The molecule has 1 N–H and O–H groups in total. The summed E-state index contributed by atoms with van der Waals surface area (Å²) in [4.78, 5) is 16.5. The van der Waals surface area contributed by atoms with Crippen molar-refractivity contribution >= 4 is 40.2 Å². The second kappa shape index (κ2) is 8.55. The first-order valence-corrected chi connectivity index (χ1v) is 9.63. The van der Waals surface area contributed by atoms with Gasteiger partial charge in [0.05, 0.1) is 5.02 Å². The molecule has 5 nitrogen and oxygen atoms in total. The summed E-state index contributed by atoms with van der Waals surface area (Å²) in [5, 5.41) is 3.68. The highest BCUT2D eigenvalue weighted by atomic mass is 35.5. The van der Waals surface area contributed by atoms with Crippen LogP contribution >= 0.6 is 23.2 Å². The van der Waals surface area contributed by atoms with Crippen LogP contribution < -0.4 is 10.1 Å². The lowest BCUT2D eigenvalue weighted by molar-refractivity contribution is -0.123. The molecule has 1 amide bonds. The van der Waals surface area contributed by atoms with E-state index in [9.17, 15) is 4.79 Å². The van der Waals surface area contributed by atoms with E-state index in [-0.39, 0.29) is 12.5 Å². The van der Waals surface area contributed by atoms with Crippen LogP contribution in [-0.2, 0) is 11.3 Å². The number of aromatic nitrogens is 1. The highest BCUT2D eigenvalue weighted by molar-refractivity contribution is 6.35. The van der Waals surface area contributed by atoms with Crippen LogP contribution in [0.4, 0.5) is 0 Å².